The molecule has 1 aliphatic rings. The number of rotatable bonds is 5. The van der Waals surface area contributed by atoms with Gasteiger partial charge in [-0.3, -0.25) is 4.98 Å². The Balaban J connectivity index is 1.68. The summed E-state index contributed by atoms with van der Waals surface area (Å²) < 4.78 is 6.32. The van der Waals surface area contributed by atoms with E-state index in [1.165, 1.54) is 12.8 Å². The van der Waals surface area contributed by atoms with Crippen molar-refractivity contribution in [2.75, 3.05) is 0 Å². The lowest BCUT2D eigenvalue weighted by Crippen LogP contribution is -2.16. The second-order valence-electron chi connectivity index (χ2n) is 4.80. The number of nitrogens with one attached hydrogen (secondary N) is 1. The Morgan fingerprint density at radius 2 is 2.00 bits per heavy atom. The normalized spacial score (nSPS) is 14.2. The van der Waals surface area contributed by atoms with Gasteiger partial charge in [0, 0.05) is 23.1 Å². The molecule has 0 atom stereocenters. The summed E-state index contributed by atoms with van der Waals surface area (Å²) in [5.74, 6) is 0.827. The number of ether oxygens (including phenoxy) is 1. The van der Waals surface area contributed by atoms with Crippen LogP contribution >= 0.6 is 39.1 Å². The van der Waals surface area contributed by atoms with E-state index in [1.807, 2.05) is 0 Å². The molecule has 1 N–H and O–H groups in total. The molecule has 0 saturated heterocycles. The fourth-order valence-corrected chi connectivity index (χ4v) is 2.55. The van der Waals surface area contributed by atoms with Crippen molar-refractivity contribution in [1.82, 2.24) is 15.3 Å². The number of nitrogens with zero attached hydrogens (tertiary/aromatic N) is 2. The van der Waals surface area contributed by atoms with Crippen LogP contribution in [0.4, 0.5) is 0 Å². The van der Waals surface area contributed by atoms with Crippen molar-refractivity contribution in [3.8, 4) is 11.6 Å². The molecule has 1 heterocycles. The van der Waals surface area contributed by atoms with Crippen LogP contribution in [0.15, 0.2) is 29.0 Å². The molecule has 0 unspecified atom stereocenters. The molecule has 1 aliphatic carbocycles. The zero-order chi connectivity index (χ0) is 14.8. The number of hydrogen-bond acceptors (Lipinski definition) is 4. The van der Waals surface area contributed by atoms with Crippen molar-refractivity contribution in [2.24, 2.45) is 0 Å². The Morgan fingerprint density at radius 3 is 2.67 bits per heavy atom. The Labute approximate surface area is 141 Å². The van der Waals surface area contributed by atoms with Gasteiger partial charge in [-0.1, -0.05) is 23.2 Å². The monoisotopic (exact) mass is 387 g/mol. The Morgan fingerprint density at radius 1 is 1.19 bits per heavy atom. The Kier molecular flexibility index (Phi) is 4.64. The van der Waals surface area contributed by atoms with Crippen LogP contribution in [0.1, 0.15) is 18.5 Å². The summed E-state index contributed by atoms with van der Waals surface area (Å²) in [5.41, 5.74) is 0.884. The second kappa shape index (κ2) is 6.48. The van der Waals surface area contributed by atoms with Crippen LogP contribution in [-0.2, 0) is 6.54 Å². The van der Waals surface area contributed by atoms with E-state index >= 15 is 0 Å². The maximum absolute atomic E-state index is 6.10. The summed E-state index contributed by atoms with van der Waals surface area (Å²) >= 11 is 15.4. The van der Waals surface area contributed by atoms with Gasteiger partial charge in [-0.15, -0.1) is 0 Å². The molecular weight excluding hydrogens is 377 g/mol. The standard InChI is InChI=1S/C14H12BrCl2N3O/c15-10-3-12(17)13(4-11(10)16)21-14-7-19-9(6-20-14)5-18-8-1-2-8/h3-4,6-8,18H,1-2,5H2. The summed E-state index contributed by atoms with van der Waals surface area (Å²) in [5, 5.41) is 4.35. The van der Waals surface area contributed by atoms with Gasteiger partial charge < -0.3 is 10.1 Å². The average Bonchev–Trinajstić information content (AvgIpc) is 3.28. The molecule has 0 aliphatic heterocycles. The molecule has 4 nitrogen and oxygen atoms in total. The molecular formula is C14H12BrCl2N3O. The van der Waals surface area contributed by atoms with Crippen molar-refractivity contribution in [3.63, 3.8) is 0 Å². The molecule has 0 bridgehead atoms. The third-order valence-electron chi connectivity index (χ3n) is 3.02. The van der Waals surface area contributed by atoms with E-state index in [1.54, 1.807) is 24.5 Å². The fourth-order valence-electron chi connectivity index (χ4n) is 1.72. The lowest BCUT2D eigenvalue weighted by Gasteiger charge is -2.08. The van der Waals surface area contributed by atoms with Gasteiger partial charge >= 0.3 is 0 Å². The predicted molar refractivity (Wildman–Crippen MR) is 86.1 cm³/mol. The first kappa shape index (κ1) is 15.0. The highest BCUT2D eigenvalue weighted by Crippen LogP contribution is 2.35. The van der Waals surface area contributed by atoms with E-state index in [4.69, 9.17) is 27.9 Å². The quantitative estimate of drug-likeness (QED) is 0.761. The minimum absolute atomic E-state index is 0.380. The largest absolute Gasteiger partial charge is 0.436 e. The van der Waals surface area contributed by atoms with Gasteiger partial charge in [0.25, 0.3) is 0 Å². The van der Waals surface area contributed by atoms with Crippen LogP contribution in [0.3, 0.4) is 0 Å². The zero-order valence-corrected chi connectivity index (χ0v) is 14.0. The van der Waals surface area contributed by atoms with E-state index in [0.717, 1.165) is 12.2 Å². The summed E-state index contributed by atoms with van der Waals surface area (Å²) in [6.45, 7) is 0.725. The molecule has 0 radical (unpaired) electrons. The molecule has 1 aromatic heterocycles. The number of benzene rings is 1. The molecule has 1 saturated carbocycles. The van der Waals surface area contributed by atoms with Gasteiger partial charge in [-0.05, 0) is 34.8 Å². The lowest BCUT2D eigenvalue weighted by atomic mass is 10.3. The van der Waals surface area contributed by atoms with E-state index in [0.29, 0.717) is 32.2 Å². The van der Waals surface area contributed by atoms with Crippen LogP contribution in [0, 0.1) is 0 Å². The predicted octanol–water partition coefficient (Wildman–Crippen LogP) is 4.59. The molecule has 1 fully saturated rings. The van der Waals surface area contributed by atoms with Gasteiger partial charge in [0.05, 0.1) is 28.1 Å². The van der Waals surface area contributed by atoms with Crippen LogP contribution in [0.5, 0.6) is 11.6 Å². The van der Waals surface area contributed by atoms with Crippen molar-refractivity contribution in [1.29, 1.82) is 0 Å². The van der Waals surface area contributed by atoms with E-state index in [-0.39, 0.29) is 0 Å². The van der Waals surface area contributed by atoms with E-state index in [9.17, 15) is 0 Å². The lowest BCUT2D eigenvalue weighted by molar-refractivity contribution is 0.459. The van der Waals surface area contributed by atoms with Gasteiger partial charge in [-0.2, -0.15) is 0 Å². The zero-order valence-electron chi connectivity index (χ0n) is 10.9. The summed E-state index contributed by atoms with van der Waals surface area (Å²) in [6, 6.07) is 3.96. The average molecular weight is 389 g/mol. The van der Waals surface area contributed by atoms with E-state index in [2.05, 4.69) is 31.2 Å². The van der Waals surface area contributed by atoms with Crippen molar-refractivity contribution < 1.29 is 4.74 Å². The summed E-state index contributed by atoms with van der Waals surface area (Å²) in [7, 11) is 0. The first-order chi connectivity index (χ1) is 10.1. The Bertz CT molecular complexity index is 647. The smallest absolute Gasteiger partial charge is 0.237 e. The van der Waals surface area contributed by atoms with Crippen LogP contribution < -0.4 is 10.1 Å². The van der Waals surface area contributed by atoms with E-state index < -0.39 is 0 Å². The van der Waals surface area contributed by atoms with Crippen molar-refractivity contribution >= 4 is 39.1 Å². The topological polar surface area (TPSA) is 47.0 Å². The van der Waals surface area contributed by atoms with Gasteiger partial charge in [-0.25, -0.2) is 4.98 Å². The molecule has 1 aromatic carbocycles. The Hall–Kier alpha value is -0.880. The maximum atomic E-state index is 6.10. The van der Waals surface area contributed by atoms with Crippen molar-refractivity contribution in [3.05, 3.63) is 44.7 Å². The SMILES string of the molecule is Clc1cc(Oc2cnc(CNC3CC3)cn2)c(Cl)cc1Br. The highest BCUT2D eigenvalue weighted by atomic mass is 79.9. The first-order valence-corrected chi connectivity index (χ1v) is 8.03. The fraction of sp³-hybridized carbons (Fsp3) is 0.286. The number of aromatic nitrogens is 2. The van der Waals surface area contributed by atoms with Crippen LogP contribution in [0.2, 0.25) is 10.0 Å². The van der Waals surface area contributed by atoms with Crippen LogP contribution in [0.25, 0.3) is 0 Å². The molecule has 110 valence electrons. The third kappa shape index (κ3) is 4.07. The molecule has 3 rings (SSSR count). The third-order valence-corrected chi connectivity index (χ3v) is 4.51. The van der Waals surface area contributed by atoms with Gasteiger partial charge in [0.2, 0.25) is 5.88 Å². The molecule has 21 heavy (non-hydrogen) atoms. The number of hydrogen-bond donors (Lipinski definition) is 1. The molecule has 0 amide bonds. The van der Waals surface area contributed by atoms with Crippen molar-refractivity contribution in [2.45, 2.75) is 25.4 Å². The second-order valence-corrected chi connectivity index (χ2v) is 6.47. The van der Waals surface area contributed by atoms with Gasteiger partial charge in [0.1, 0.15) is 5.75 Å². The molecule has 7 heteroatoms. The highest BCUT2D eigenvalue weighted by Gasteiger charge is 2.20. The minimum atomic E-state index is 0.380. The summed E-state index contributed by atoms with van der Waals surface area (Å²) in [6.07, 6.45) is 5.77. The summed E-state index contributed by atoms with van der Waals surface area (Å²) in [4.78, 5) is 8.54. The molecule has 2 aromatic rings. The first-order valence-electron chi connectivity index (χ1n) is 6.48. The maximum Gasteiger partial charge on any atom is 0.237 e. The number of halogens is 3. The minimum Gasteiger partial charge on any atom is -0.436 e. The van der Waals surface area contributed by atoms with Gasteiger partial charge in [0.15, 0.2) is 0 Å². The highest BCUT2D eigenvalue weighted by molar-refractivity contribution is 9.10. The van der Waals surface area contributed by atoms with Crippen LogP contribution in [-0.4, -0.2) is 16.0 Å². The molecule has 0 spiro atoms.